The Bertz CT molecular complexity index is 961. The molecule has 4 rings (SSSR count). The molecule has 7 nitrogen and oxygen atoms in total. The zero-order valence-electron chi connectivity index (χ0n) is 17.8. The van der Waals surface area contributed by atoms with Gasteiger partial charge in [0.2, 0.25) is 10.0 Å². The Kier molecular flexibility index (Phi) is 6.35. The van der Waals surface area contributed by atoms with Gasteiger partial charge in [0.25, 0.3) is 5.91 Å². The molecule has 9 heteroatoms. The number of methoxy groups -OCH3 is 1. The van der Waals surface area contributed by atoms with E-state index in [-0.39, 0.29) is 17.5 Å². The van der Waals surface area contributed by atoms with Gasteiger partial charge in [0, 0.05) is 24.7 Å². The molecule has 0 bridgehead atoms. The minimum absolute atomic E-state index is 0.0807. The minimum Gasteiger partial charge on any atom is -0.467 e. The molecule has 0 radical (unpaired) electrons. The Hall–Kier alpha value is -2.00. The predicted octanol–water partition coefficient (Wildman–Crippen LogP) is 2.95. The lowest BCUT2D eigenvalue weighted by Crippen LogP contribution is -2.46. The van der Waals surface area contributed by atoms with Gasteiger partial charge in [0.05, 0.1) is 7.11 Å². The second kappa shape index (κ2) is 8.86. The molecule has 1 amide bonds. The normalized spacial score (nSPS) is 27.0. The maximum absolute atomic E-state index is 14.6. The molecular formula is C22H29FN2O5S. The molecule has 170 valence electrons. The van der Waals surface area contributed by atoms with Gasteiger partial charge < -0.3 is 9.64 Å². The fourth-order valence-electron chi connectivity index (χ4n) is 5.33. The van der Waals surface area contributed by atoms with Crippen LogP contribution in [0.4, 0.5) is 4.39 Å². The van der Waals surface area contributed by atoms with E-state index in [4.69, 9.17) is 4.74 Å². The van der Waals surface area contributed by atoms with Gasteiger partial charge in [-0.2, -0.15) is 4.31 Å². The summed E-state index contributed by atoms with van der Waals surface area (Å²) in [6, 6.07) is 2.69. The van der Waals surface area contributed by atoms with Gasteiger partial charge in [-0.1, -0.05) is 19.3 Å². The van der Waals surface area contributed by atoms with Crippen molar-refractivity contribution >= 4 is 21.9 Å². The highest BCUT2D eigenvalue weighted by Gasteiger charge is 2.48. The van der Waals surface area contributed by atoms with Crippen molar-refractivity contribution in [2.45, 2.75) is 68.3 Å². The number of rotatable bonds is 4. The molecule has 1 aromatic rings. The number of hydrogen-bond acceptors (Lipinski definition) is 5. The summed E-state index contributed by atoms with van der Waals surface area (Å²) in [7, 11) is -2.73. The third-order valence-corrected chi connectivity index (χ3v) is 8.82. The number of fused-ring (bicyclic) bond motifs is 1. The molecular weight excluding hydrogens is 423 g/mol. The first kappa shape index (κ1) is 22.2. The third kappa shape index (κ3) is 4.09. The van der Waals surface area contributed by atoms with Crippen LogP contribution < -0.4 is 0 Å². The summed E-state index contributed by atoms with van der Waals surface area (Å²) in [5, 5.41) is 0. The van der Waals surface area contributed by atoms with Crippen LogP contribution in [-0.4, -0.2) is 61.8 Å². The molecule has 0 N–H and O–H groups in total. The Morgan fingerprint density at radius 1 is 1.06 bits per heavy atom. The Balaban J connectivity index is 1.68. The van der Waals surface area contributed by atoms with Crippen molar-refractivity contribution in [1.29, 1.82) is 0 Å². The first-order valence-corrected chi connectivity index (χ1v) is 12.5. The third-order valence-electron chi connectivity index (χ3n) is 6.91. The number of likely N-dealkylation sites (tertiary alicyclic amines) is 1. The fraction of sp³-hybridized carbons (Fsp3) is 0.636. The molecule has 3 aliphatic rings. The monoisotopic (exact) mass is 452 g/mol. The fourth-order valence-corrected chi connectivity index (χ4v) is 6.93. The number of carbonyl (C=O) groups excluding carboxylic acids is 2. The first-order chi connectivity index (χ1) is 14.8. The summed E-state index contributed by atoms with van der Waals surface area (Å²) in [6.45, 7) is 0.695. The average Bonchev–Trinajstić information content (AvgIpc) is 3.18. The summed E-state index contributed by atoms with van der Waals surface area (Å²) in [6.07, 6.45) is 6.73. The number of halogens is 1. The van der Waals surface area contributed by atoms with Crippen molar-refractivity contribution in [2.24, 2.45) is 5.92 Å². The van der Waals surface area contributed by atoms with Crippen molar-refractivity contribution < 1.29 is 27.1 Å². The van der Waals surface area contributed by atoms with E-state index in [2.05, 4.69) is 0 Å². The van der Waals surface area contributed by atoms with Gasteiger partial charge in [-0.3, -0.25) is 4.79 Å². The number of piperidine rings is 1. The van der Waals surface area contributed by atoms with E-state index >= 15 is 0 Å². The molecule has 0 spiro atoms. The quantitative estimate of drug-likeness (QED) is 0.656. The number of carbonyl (C=O) groups is 2. The van der Waals surface area contributed by atoms with Crippen LogP contribution in [-0.2, 0) is 19.6 Å². The van der Waals surface area contributed by atoms with Crippen LogP contribution >= 0.6 is 0 Å². The molecule has 3 fully saturated rings. The van der Waals surface area contributed by atoms with E-state index in [0.717, 1.165) is 57.1 Å². The zero-order chi connectivity index (χ0) is 22.2. The van der Waals surface area contributed by atoms with E-state index in [9.17, 15) is 22.4 Å². The second-order valence-electron chi connectivity index (χ2n) is 8.71. The molecule has 2 aliphatic heterocycles. The molecule has 2 heterocycles. The smallest absolute Gasteiger partial charge is 0.328 e. The maximum atomic E-state index is 14.6. The van der Waals surface area contributed by atoms with Gasteiger partial charge in [0.15, 0.2) is 0 Å². The lowest BCUT2D eigenvalue weighted by atomic mass is 9.84. The highest BCUT2D eigenvalue weighted by atomic mass is 32.2. The van der Waals surface area contributed by atoms with E-state index < -0.39 is 38.7 Å². The van der Waals surface area contributed by atoms with Gasteiger partial charge in [-0.25, -0.2) is 17.6 Å². The van der Waals surface area contributed by atoms with E-state index in [1.807, 2.05) is 0 Å². The van der Waals surface area contributed by atoms with Crippen molar-refractivity contribution in [3.63, 3.8) is 0 Å². The number of hydrogen-bond donors (Lipinski definition) is 0. The molecule has 2 saturated heterocycles. The standard InChI is InChI=1S/C22H29FN2O5S/c1-30-22(27)19-13-15-7-3-4-8-18(15)25(19)21(26)16-9-10-17(23)20(14-16)31(28,29)24-11-5-2-6-12-24/h9-10,14-15,18-19H,2-8,11-13H2,1H3. The van der Waals surface area contributed by atoms with E-state index in [0.29, 0.717) is 19.5 Å². The first-order valence-electron chi connectivity index (χ1n) is 11.0. The van der Waals surface area contributed by atoms with Crippen molar-refractivity contribution in [2.75, 3.05) is 20.2 Å². The van der Waals surface area contributed by atoms with Crippen LogP contribution in [0.2, 0.25) is 0 Å². The van der Waals surface area contributed by atoms with E-state index in [1.54, 1.807) is 4.90 Å². The highest BCUT2D eigenvalue weighted by molar-refractivity contribution is 7.89. The Morgan fingerprint density at radius 2 is 1.77 bits per heavy atom. The van der Waals surface area contributed by atoms with Crippen LogP contribution in [0.25, 0.3) is 0 Å². The number of sulfonamides is 1. The Labute approximate surface area is 182 Å². The lowest BCUT2D eigenvalue weighted by Gasteiger charge is -2.33. The van der Waals surface area contributed by atoms with Crippen molar-refractivity contribution in [1.82, 2.24) is 9.21 Å². The molecule has 31 heavy (non-hydrogen) atoms. The van der Waals surface area contributed by atoms with Crippen LogP contribution in [0, 0.1) is 11.7 Å². The largest absolute Gasteiger partial charge is 0.467 e. The average molecular weight is 453 g/mol. The van der Waals surface area contributed by atoms with Crippen molar-refractivity contribution in [3.05, 3.63) is 29.6 Å². The van der Waals surface area contributed by atoms with Crippen LogP contribution in [0.5, 0.6) is 0 Å². The van der Waals surface area contributed by atoms with Crippen LogP contribution in [0.3, 0.4) is 0 Å². The predicted molar refractivity (Wildman–Crippen MR) is 111 cm³/mol. The summed E-state index contributed by atoms with van der Waals surface area (Å²) in [5.41, 5.74) is 0.0807. The summed E-state index contributed by atoms with van der Waals surface area (Å²) < 4.78 is 46.9. The molecule has 1 saturated carbocycles. The van der Waals surface area contributed by atoms with E-state index in [1.165, 1.54) is 17.5 Å². The molecule has 1 aliphatic carbocycles. The van der Waals surface area contributed by atoms with Crippen molar-refractivity contribution in [3.8, 4) is 0 Å². The van der Waals surface area contributed by atoms with Gasteiger partial charge in [0.1, 0.15) is 16.8 Å². The van der Waals surface area contributed by atoms with Gasteiger partial charge in [-0.05, 0) is 56.2 Å². The minimum atomic E-state index is -4.03. The molecule has 3 unspecified atom stereocenters. The summed E-state index contributed by atoms with van der Waals surface area (Å²) >= 11 is 0. The van der Waals surface area contributed by atoms with Gasteiger partial charge in [-0.15, -0.1) is 0 Å². The second-order valence-corrected chi connectivity index (χ2v) is 10.6. The maximum Gasteiger partial charge on any atom is 0.328 e. The number of ether oxygens (including phenoxy) is 1. The number of nitrogens with zero attached hydrogens (tertiary/aromatic N) is 2. The van der Waals surface area contributed by atoms with Crippen LogP contribution in [0.1, 0.15) is 61.7 Å². The molecule has 3 atom stereocenters. The summed E-state index contributed by atoms with van der Waals surface area (Å²) in [4.78, 5) is 27.0. The van der Waals surface area contributed by atoms with Gasteiger partial charge >= 0.3 is 5.97 Å². The molecule has 0 aromatic heterocycles. The SMILES string of the molecule is COC(=O)C1CC2CCCCC2N1C(=O)c1ccc(F)c(S(=O)(=O)N2CCCCC2)c1. The zero-order valence-corrected chi connectivity index (χ0v) is 18.6. The summed E-state index contributed by atoms with van der Waals surface area (Å²) in [5.74, 6) is -1.56. The topological polar surface area (TPSA) is 84.0 Å². The highest BCUT2D eigenvalue weighted by Crippen LogP contribution is 2.41. The lowest BCUT2D eigenvalue weighted by molar-refractivity contribution is -0.145. The number of benzene rings is 1. The van der Waals surface area contributed by atoms with Crippen LogP contribution in [0.15, 0.2) is 23.1 Å². The molecule has 1 aromatic carbocycles. The number of amides is 1. The Morgan fingerprint density at radius 3 is 2.48 bits per heavy atom. The number of esters is 1.